The lowest BCUT2D eigenvalue weighted by Crippen LogP contribution is -2.60. The topological polar surface area (TPSA) is 54.5 Å². The molecule has 3 rings (SSSR count). The van der Waals surface area contributed by atoms with E-state index in [0.717, 1.165) is 25.9 Å². The molecule has 1 aromatic rings. The number of alkyl halides is 2. The summed E-state index contributed by atoms with van der Waals surface area (Å²) in [6.07, 6.45) is -0.809. The summed E-state index contributed by atoms with van der Waals surface area (Å²) in [5.74, 6) is -0.429. The summed E-state index contributed by atoms with van der Waals surface area (Å²) >= 11 is 6.29. The van der Waals surface area contributed by atoms with Gasteiger partial charge in [0.15, 0.2) is 5.01 Å². The second-order valence-electron chi connectivity index (χ2n) is 5.35. The molecular weight excluding hydrogens is 336 g/mol. The molecule has 5 nitrogen and oxygen atoms in total. The third-order valence-electron chi connectivity index (χ3n) is 4.07. The van der Waals surface area contributed by atoms with Gasteiger partial charge in [-0.3, -0.25) is 9.69 Å². The Kier molecular flexibility index (Phi) is 4.91. The van der Waals surface area contributed by atoms with Crippen LogP contribution in [0.15, 0.2) is 0 Å². The number of ether oxygens (including phenoxy) is 1. The van der Waals surface area contributed by atoms with Gasteiger partial charge < -0.3 is 10.1 Å². The van der Waals surface area contributed by atoms with Gasteiger partial charge in [0, 0.05) is 25.2 Å². The second kappa shape index (κ2) is 6.74. The lowest BCUT2D eigenvalue weighted by atomic mass is 9.84. The maximum Gasteiger partial charge on any atom is 0.280 e. The van der Waals surface area contributed by atoms with Crippen molar-refractivity contribution in [3.63, 3.8) is 0 Å². The maximum atomic E-state index is 12.7. The quantitative estimate of drug-likeness (QED) is 0.904. The molecule has 2 atom stereocenters. The minimum atomic E-state index is -2.71. The molecule has 1 aliphatic heterocycles. The van der Waals surface area contributed by atoms with Crippen LogP contribution in [0.4, 0.5) is 8.78 Å². The van der Waals surface area contributed by atoms with Gasteiger partial charge in [0.1, 0.15) is 10.0 Å². The molecule has 0 radical (unpaired) electrons. The van der Waals surface area contributed by atoms with Crippen molar-refractivity contribution in [2.24, 2.45) is 0 Å². The van der Waals surface area contributed by atoms with Crippen LogP contribution in [0.3, 0.4) is 0 Å². The van der Waals surface area contributed by atoms with Crippen molar-refractivity contribution in [2.45, 2.75) is 31.4 Å². The van der Waals surface area contributed by atoms with Crippen LogP contribution in [0.2, 0.25) is 5.15 Å². The molecule has 1 saturated heterocycles. The van der Waals surface area contributed by atoms with Gasteiger partial charge in [0.25, 0.3) is 12.3 Å². The maximum absolute atomic E-state index is 12.7. The molecule has 1 aromatic heterocycles. The number of aromatic nitrogens is 1. The zero-order valence-electron chi connectivity index (χ0n) is 11.7. The lowest BCUT2D eigenvalue weighted by Gasteiger charge is -2.45. The van der Waals surface area contributed by atoms with E-state index in [1.807, 2.05) is 0 Å². The van der Waals surface area contributed by atoms with Gasteiger partial charge in [-0.1, -0.05) is 11.6 Å². The Morgan fingerprint density at radius 2 is 2.14 bits per heavy atom. The molecule has 1 amide bonds. The van der Waals surface area contributed by atoms with Gasteiger partial charge in [0.05, 0.1) is 13.2 Å². The third-order valence-corrected chi connectivity index (χ3v) is 5.53. The average molecular weight is 352 g/mol. The molecule has 9 heteroatoms. The Bertz CT molecular complexity index is 551. The first-order chi connectivity index (χ1) is 10.6. The predicted octanol–water partition coefficient (Wildman–Crippen LogP) is 2.33. The second-order valence-corrected chi connectivity index (χ2v) is 6.74. The van der Waals surface area contributed by atoms with Crippen molar-refractivity contribution >= 4 is 28.8 Å². The number of carbonyl (C=O) groups is 1. The van der Waals surface area contributed by atoms with Crippen molar-refractivity contribution in [1.82, 2.24) is 15.2 Å². The Morgan fingerprint density at radius 1 is 1.41 bits per heavy atom. The van der Waals surface area contributed by atoms with E-state index in [0.29, 0.717) is 24.6 Å². The molecule has 2 unspecified atom stereocenters. The van der Waals surface area contributed by atoms with Crippen LogP contribution in [0.1, 0.15) is 33.9 Å². The van der Waals surface area contributed by atoms with Gasteiger partial charge in [-0.05, 0) is 12.8 Å². The van der Waals surface area contributed by atoms with Crippen molar-refractivity contribution in [2.75, 3.05) is 26.3 Å². The monoisotopic (exact) mass is 351 g/mol. The van der Waals surface area contributed by atoms with Gasteiger partial charge >= 0.3 is 0 Å². The summed E-state index contributed by atoms with van der Waals surface area (Å²) in [7, 11) is 0. The van der Waals surface area contributed by atoms with Gasteiger partial charge in [0.2, 0.25) is 0 Å². The number of rotatable bonds is 4. The predicted molar refractivity (Wildman–Crippen MR) is 78.7 cm³/mol. The minimum absolute atomic E-state index is 0.00655. The Hall–Kier alpha value is -0.830. The van der Waals surface area contributed by atoms with Crippen LogP contribution < -0.4 is 5.32 Å². The van der Waals surface area contributed by atoms with Crippen LogP contribution in [0.5, 0.6) is 0 Å². The number of hydrogen-bond donors (Lipinski definition) is 1. The first-order valence-corrected chi connectivity index (χ1v) is 8.32. The molecule has 2 heterocycles. The molecular formula is C13H16ClF2N3O2S. The number of halogens is 3. The summed E-state index contributed by atoms with van der Waals surface area (Å²) < 4.78 is 30.7. The van der Waals surface area contributed by atoms with Crippen molar-refractivity contribution in [3.8, 4) is 0 Å². The molecule has 122 valence electrons. The van der Waals surface area contributed by atoms with Crippen molar-refractivity contribution in [1.29, 1.82) is 0 Å². The SMILES string of the molecule is O=C(NC1CCC1N1CCOCC1)c1nc(Cl)c(C(F)F)s1. The highest BCUT2D eigenvalue weighted by Crippen LogP contribution is 2.33. The highest BCUT2D eigenvalue weighted by atomic mass is 35.5. The third kappa shape index (κ3) is 3.24. The lowest BCUT2D eigenvalue weighted by molar-refractivity contribution is -0.0137. The number of hydrogen-bond acceptors (Lipinski definition) is 5. The largest absolute Gasteiger partial charge is 0.379 e. The van der Waals surface area contributed by atoms with E-state index >= 15 is 0 Å². The van der Waals surface area contributed by atoms with Crippen LogP contribution in [-0.2, 0) is 4.74 Å². The summed E-state index contributed by atoms with van der Waals surface area (Å²) in [6.45, 7) is 3.12. The number of carbonyl (C=O) groups excluding carboxylic acids is 1. The normalized spacial score (nSPS) is 26.0. The number of nitrogens with one attached hydrogen (secondary N) is 1. The van der Waals surface area contributed by atoms with Crippen molar-refractivity contribution in [3.05, 3.63) is 15.0 Å². The van der Waals surface area contributed by atoms with Crippen LogP contribution in [-0.4, -0.2) is 54.2 Å². The average Bonchev–Trinajstić information content (AvgIpc) is 2.87. The number of morpholine rings is 1. The molecule has 0 spiro atoms. The molecule has 1 N–H and O–H groups in total. The molecule has 22 heavy (non-hydrogen) atoms. The zero-order valence-corrected chi connectivity index (χ0v) is 13.3. The Balaban J connectivity index is 1.60. The van der Waals surface area contributed by atoms with E-state index in [1.165, 1.54) is 0 Å². The fourth-order valence-electron chi connectivity index (χ4n) is 2.77. The highest BCUT2D eigenvalue weighted by Gasteiger charge is 2.37. The standard InChI is InChI=1S/C13H16ClF2N3O2S/c14-10-9(11(15)16)22-13(18-10)12(20)17-7-1-2-8(7)19-3-5-21-6-4-19/h7-8,11H,1-6H2,(H,17,20). The smallest absolute Gasteiger partial charge is 0.280 e. The number of thiazole rings is 1. The zero-order chi connectivity index (χ0) is 15.7. The fourth-order valence-corrected chi connectivity index (χ4v) is 3.82. The van der Waals surface area contributed by atoms with E-state index < -0.39 is 12.3 Å². The summed E-state index contributed by atoms with van der Waals surface area (Å²) in [5, 5.41) is 2.59. The van der Waals surface area contributed by atoms with E-state index in [1.54, 1.807) is 0 Å². The Labute approximate surface area is 135 Å². The summed E-state index contributed by atoms with van der Waals surface area (Å²) in [5.41, 5.74) is 0. The molecule has 1 aliphatic carbocycles. The first-order valence-electron chi connectivity index (χ1n) is 7.13. The van der Waals surface area contributed by atoms with E-state index in [2.05, 4.69) is 15.2 Å². The number of amides is 1. The highest BCUT2D eigenvalue weighted by molar-refractivity contribution is 7.14. The number of nitrogens with zero attached hydrogens (tertiary/aromatic N) is 2. The van der Waals surface area contributed by atoms with Gasteiger partial charge in [-0.15, -0.1) is 11.3 Å². The van der Waals surface area contributed by atoms with Gasteiger partial charge in [-0.25, -0.2) is 13.8 Å². The van der Waals surface area contributed by atoms with Crippen LogP contribution >= 0.6 is 22.9 Å². The van der Waals surface area contributed by atoms with Crippen molar-refractivity contribution < 1.29 is 18.3 Å². The van der Waals surface area contributed by atoms with Gasteiger partial charge in [-0.2, -0.15) is 0 Å². The van der Waals surface area contributed by atoms with E-state index in [-0.39, 0.29) is 27.1 Å². The molecule has 2 fully saturated rings. The van der Waals surface area contributed by atoms with E-state index in [9.17, 15) is 13.6 Å². The summed E-state index contributed by atoms with van der Waals surface area (Å²) in [4.78, 5) is 17.8. The summed E-state index contributed by atoms with van der Waals surface area (Å²) in [6, 6.07) is 0.320. The molecule has 2 aliphatic rings. The molecule has 1 saturated carbocycles. The molecule has 0 bridgehead atoms. The van der Waals surface area contributed by atoms with Crippen LogP contribution in [0.25, 0.3) is 0 Å². The first kappa shape index (κ1) is 16.0. The van der Waals surface area contributed by atoms with E-state index in [4.69, 9.17) is 16.3 Å². The fraction of sp³-hybridized carbons (Fsp3) is 0.692. The van der Waals surface area contributed by atoms with Crippen LogP contribution in [0, 0.1) is 0 Å². The minimum Gasteiger partial charge on any atom is -0.379 e. The Morgan fingerprint density at radius 3 is 2.68 bits per heavy atom. The molecule has 0 aromatic carbocycles.